The molecule has 34 heavy (non-hydrogen) atoms. The van der Waals surface area contributed by atoms with Crippen LogP contribution in [0.3, 0.4) is 0 Å². The molecule has 2 aromatic heterocycles. The minimum absolute atomic E-state index is 0.105. The fourth-order valence-corrected chi connectivity index (χ4v) is 5.57. The summed E-state index contributed by atoms with van der Waals surface area (Å²) in [6.45, 7) is 5.22. The summed E-state index contributed by atoms with van der Waals surface area (Å²) in [6, 6.07) is 14.4. The first-order valence-electron chi connectivity index (χ1n) is 12.5. The van der Waals surface area contributed by atoms with Crippen LogP contribution in [-0.4, -0.2) is 45.6 Å². The van der Waals surface area contributed by atoms with E-state index in [1.807, 2.05) is 30.5 Å². The molecule has 1 aromatic carbocycles. The van der Waals surface area contributed by atoms with Crippen molar-refractivity contribution in [2.24, 2.45) is 5.41 Å². The Morgan fingerprint density at radius 1 is 1.21 bits per heavy atom. The van der Waals surface area contributed by atoms with Gasteiger partial charge in [-0.2, -0.15) is 0 Å². The highest BCUT2D eigenvalue weighted by atomic mass is 16.4. The maximum Gasteiger partial charge on any atom is 0.305 e. The molecule has 2 aliphatic heterocycles. The third-order valence-electron chi connectivity index (χ3n) is 7.39. The van der Waals surface area contributed by atoms with Gasteiger partial charge in [-0.3, -0.25) is 14.7 Å². The number of nitrogens with zero attached hydrogens (tertiary/aromatic N) is 3. The first-order valence-corrected chi connectivity index (χ1v) is 12.5. The second kappa shape index (κ2) is 9.71. The molecule has 1 atom stereocenters. The predicted octanol–water partition coefficient (Wildman–Crippen LogP) is 5.24. The van der Waals surface area contributed by atoms with Gasteiger partial charge in [-0.05, 0) is 66.8 Å². The number of rotatable bonds is 9. The third kappa shape index (κ3) is 5.07. The predicted molar refractivity (Wildman–Crippen MR) is 135 cm³/mol. The summed E-state index contributed by atoms with van der Waals surface area (Å²) >= 11 is 0. The van der Waals surface area contributed by atoms with E-state index in [0.717, 1.165) is 74.0 Å². The summed E-state index contributed by atoms with van der Waals surface area (Å²) < 4.78 is 0. The number of aliphatic carboxylic acids is 1. The zero-order chi connectivity index (χ0) is 23.5. The van der Waals surface area contributed by atoms with Crippen LogP contribution in [0.2, 0.25) is 0 Å². The highest BCUT2D eigenvalue weighted by Gasteiger charge is 2.42. The van der Waals surface area contributed by atoms with Crippen molar-refractivity contribution in [1.29, 1.82) is 0 Å². The smallest absolute Gasteiger partial charge is 0.305 e. The highest BCUT2D eigenvalue weighted by Crippen LogP contribution is 2.41. The van der Waals surface area contributed by atoms with E-state index in [4.69, 9.17) is 4.98 Å². The van der Waals surface area contributed by atoms with Crippen molar-refractivity contribution in [1.82, 2.24) is 14.9 Å². The average Bonchev–Trinajstić information content (AvgIpc) is 2.83. The van der Waals surface area contributed by atoms with Crippen molar-refractivity contribution >= 4 is 22.7 Å². The number of carboxylic acid groups (broad SMARTS) is 1. The Labute approximate surface area is 201 Å². The van der Waals surface area contributed by atoms with Crippen molar-refractivity contribution < 1.29 is 9.90 Å². The normalized spacial score (nSPS) is 18.0. The number of carboxylic acids is 1. The van der Waals surface area contributed by atoms with Crippen molar-refractivity contribution in [2.45, 2.75) is 57.9 Å². The summed E-state index contributed by atoms with van der Waals surface area (Å²) in [5.74, 6) is 0.316. The second-order valence-electron chi connectivity index (χ2n) is 10.3. The van der Waals surface area contributed by atoms with Gasteiger partial charge in [0, 0.05) is 43.0 Å². The van der Waals surface area contributed by atoms with Crippen LogP contribution >= 0.6 is 0 Å². The van der Waals surface area contributed by atoms with Gasteiger partial charge >= 0.3 is 5.97 Å². The summed E-state index contributed by atoms with van der Waals surface area (Å²) in [5, 5.41) is 14.0. The van der Waals surface area contributed by atoms with E-state index in [9.17, 15) is 9.90 Å². The number of benzene rings is 1. The van der Waals surface area contributed by atoms with Gasteiger partial charge in [-0.25, -0.2) is 4.98 Å². The first kappa shape index (κ1) is 22.8. The SMILES string of the molecule is CC1(CCCCc2ccc3c(n2)NCCC3)CN([C@@H](CC(=O)O)c2cnc3ccccc3c2)C1. The second-order valence-corrected chi connectivity index (χ2v) is 10.3. The zero-order valence-corrected chi connectivity index (χ0v) is 20.0. The van der Waals surface area contributed by atoms with Gasteiger partial charge in [0.25, 0.3) is 0 Å². The molecule has 0 aliphatic carbocycles. The molecule has 1 fully saturated rings. The molecule has 6 heteroatoms. The van der Waals surface area contributed by atoms with Crippen molar-refractivity contribution in [3.8, 4) is 0 Å². The molecule has 0 radical (unpaired) electrons. The number of aromatic nitrogens is 2. The lowest BCUT2D eigenvalue weighted by molar-refractivity contribution is -0.140. The minimum atomic E-state index is -0.765. The van der Waals surface area contributed by atoms with Crippen LogP contribution in [0.1, 0.15) is 61.9 Å². The number of hydrogen-bond acceptors (Lipinski definition) is 5. The number of likely N-dealkylation sites (tertiary alicyclic amines) is 1. The molecule has 6 nitrogen and oxygen atoms in total. The zero-order valence-electron chi connectivity index (χ0n) is 20.0. The molecular weight excluding hydrogens is 424 g/mol. The number of hydrogen-bond donors (Lipinski definition) is 2. The highest BCUT2D eigenvalue weighted by molar-refractivity contribution is 5.79. The van der Waals surface area contributed by atoms with Gasteiger partial charge in [0.15, 0.2) is 0 Å². The standard InChI is InChI=1S/C28H34N4O2/c1-28(13-5-4-9-23-12-11-20-8-6-14-29-27(20)31-23)18-32(19-28)25(16-26(33)34)22-15-21-7-2-3-10-24(21)30-17-22/h2-3,7,10-12,15,17,25H,4-6,8-9,13-14,16,18-19H2,1H3,(H,29,31)(H,33,34)/t25-/m0/s1. The van der Waals surface area contributed by atoms with Crippen molar-refractivity contribution in [3.05, 3.63) is 65.5 Å². The van der Waals surface area contributed by atoms with E-state index < -0.39 is 5.97 Å². The molecule has 1 saturated heterocycles. The van der Waals surface area contributed by atoms with Crippen LogP contribution in [-0.2, 0) is 17.6 Å². The quantitative estimate of drug-likeness (QED) is 0.427. The van der Waals surface area contributed by atoms with Crippen molar-refractivity contribution in [2.75, 3.05) is 25.0 Å². The van der Waals surface area contributed by atoms with E-state index in [1.54, 1.807) is 0 Å². The van der Waals surface area contributed by atoms with Crippen molar-refractivity contribution in [3.63, 3.8) is 0 Å². The topological polar surface area (TPSA) is 78.4 Å². The molecule has 3 aromatic rings. The first-order chi connectivity index (χ1) is 16.5. The number of nitrogens with one attached hydrogen (secondary N) is 1. The number of pyridine rings is 2. The lowest BCUT2D eigenvalue weighted by atomic mass is 9.75. The maximum absolute atomic E-state index is 11.6. The summed E-state index contributed by atoms with van der Waals surface area (Å²) in [4.78, 5) is 23.3. The summed E-state index contributed by atoms with van der Waals surface area (Å²) in [6.07, 6.45) is 8.74. The Morgan fingerprint density at radius 2 is 2.06 bits per heavy atom. The van der Waals surface area contributed by atoms with E-state index in [2.05, 4.69) is 40.3 Å². The average molecular weight is 459 g/mol. The fraction of sp³-hybridized carbons (Fsp3) is 0.464. The van der Waals surface area contributed by atoms with Gasteiger partial charge in [0.05, 0.1) is 11.9 Å². The molecule has 178 valence electrons. The molecule has 2 N–H and O–H groups in total. The van der Waals surface area contributed by atoms with Crippen LogP contribution in [0.4, 0.5) is 5.82 Å². The lowest BCUT2D eigenvalue weighted by Gasteiger charge is -2.52. The fourth-order valence-electron chi connectivity index (χ4n) is 5.57. The summed E-state index contributed by atoms with van der Waals surface area (Å²) in [5.41, 5.74) is 4.70. The Morgan fingerprint density at radius 3 is 2.91 bits per heavy atom. The van der Waals surface area contributed by atoms with Crippen LogP contribution in [0.15, 0.2) is 48.7 Å². The van der Waals surface area contributed by atoms with Gasteiger partial charge in [-0.15, -0.1) is 0 Å². The minimum Gasteiger partial charge on any atom is -0.481 e. The molecule has 4 heterocycles. The number of carbonyl (C=O) groups is 1. The Kier molecular flexibility index (Phi) is 6.50. The largest absolute Gasteiger partial charge is 0.481 e. The van der Waals surface area contributed by atoms with Crippen LogP contribution < -0.4 is 5.32 Å². The lowest BCUT2D eigenvalue weighted by Crippen LogP contribution is -2.56. The molecular formula is C28H34N4O2. The molecule has 5 rings (SSSR count). The number of anilines is 1. The van der Waals surface area contributed by atoms with Crippen LogP contribution in [0.25, 0.3) is 10.9 Å². The number of fused-ring (bicyclic) bond motifs is 2. The van der Waals surface area contributed by atoms with Crippen LogP contribution in [0.5, 0.6) is 0 Å². The molecule has 2 aliphatic rings. The van der Waals surface area contributed by atoms with E-state index in [0.29, 0.717) is 0 Å². The monoisotopic (exact) mass is 458 g/mol. The molecule has 0 unspecified atom stereocenters. The van der Waals surface area contributed by atoms with Gasteiger partial charge in [0.2, 0.25) is 0 Å². The molecule has 0 bridgehead atoms. The Hall–Kier alpha value is -2.99. The van der Waals surface area contributed by atoms with Gasteiger partial charge < -0.3 is 10.4 Å². The Bertz CT molecular complexity index is 1170. The Balaban J connectivity index is 1.15. The van der Waals surface area contributed by atoms with E-state index in [1.165, 1.54) is 17.7 Å². The molecule has 0 amide bonds. The molecule has 0 saturated carbocycles. The maximum atomic E-state index is 11.6. The molecule has 0 spiro atoms. The third-order valence-corrected chi connectivity index (χ3v) is 7.39. The van der Waals surface area contributed by atoms with Gasteiger partial charge in [0.1, 0.15) is 5.82 Å². The van der Waals surface area contributed by atoms with Crippen LogP contribution in [0, 0.1) is 5.41 Å². The van der Waals surface area contributed by atoms with E-state index >= 15 is 0 Å². The van der Waals surface area contributed by atoms with Gasteiger partial charge in [-0.1, -0.05) is 37.6 Å². The number of para-hydroxylation sites is 1. The summed E-state index contributed by atoms with van der Waals surface area (Å²) in [7, 11) is 0. The van der Waals surface area contributed by atoms with E-state index in [-0.39, 0.29) is 17.9 Å². The number of aryl methyl sites for hydroxylation is 2. The number of unbranched alkanes of at least 4 members (excludes halogenated alkanes) is 1.